The van der Waals surface area contributed by atoms with Crippen molar-refractivity contribution in [1.82, 2.24) is 4.98 Å². The van der Waals surface area contributed by atoms with Crippen molar-refractivity contribution in [3.05, 3.63) is 42.5 Å². The van der Waals surface area contributed by atoms with Crippen LogP contribution in [0.4, 0.5) is 0 Å². The van der Waals surface area contributed by atoms with Gasteiger partial charge in [-0.3, -0.25) is 0 Å². The summed E-state index contributed by atoms with van der Waals surface area (Å²) in [6, 6.07) is 11.0. The standard InChI is InChI=1S/C12H10NO/c1-2-4-9(5-3-1)11-8-14-12(13-11)10-6-7-10/h1-4,8,10H,6-7H2. The first-order valence-electron chi connectivity index (χ1n) is 4.86. The zero-order valence-corrected chi connectivity index (χ0v) is 7.73. The van der Waals surface area contributed by atoms with Gasteiger partial charge >= 0.3 is 0 Å². The predicted octanol–water partition coefficient (Wildman–Crippen LogP) is 3.02. The molecule has 2 nitrogen and oxygen atoms in total. The minimum atomic E-state index is 0.576. The largest absolute Gasteiger partial charge is 0.448 e. The van der Waals surface area contributed by atoms with Gasteiger partial charge in [0.2, 0.25) is 0 Å². The molecule has 1 heterocycles. The fourth-order valence-electron chi connectivity index (χ4n) is 1.48. The zero-order chi connectivity index (χ0) is 9.38. The average Bonchev–Trinajstić information content (AvgIpc) is 2.98. The molecule has 2 heteroatoms. The van der Waals surface area contributed by atoms with Crippen LogP contribution in [0.1, 0.15) is 24.7 Å². The number of rotatable bonds is 2. The molecule has 1 saturated carbocycles. The fraction of sp³-hybridized carbons (Fsp3) is 0.250. The van der Waals surface area contributed by atoms with E-state index in [-0.39, 0.29) is 0 Å². The first-order chi connectivity index (χ1) is 6.93. The molecule has 1 radical (unpaired) electrons. The highest BCUT2D eigenvalue weighted by molar-refractivity contribution is 5.56. The Morgan fingerprint density at radius 2 is 2.29 bits per heavy atom. The van der Waals surface area contributed by atoms with Crippen molar-refractivity contribution in [2.24, 2.45) is 0 Å². The Bertz CT molecular complexity index is 429. The molecular weight excluding hydrogens is 174 g/mol. The lowest BCUT2D eigenvalue weighted by atomic mass is 10.2. The van der Waals surface area contributed by atoms with Crippen LogP contribution in [-0.2, 0) is 0 Å². The lowest BCUT2D eigenvalue weighted by molar-refractivity contribution is 0.497. The van der Waals surface area contributed by atoms with Crippen molar-refractivity contribution in [2.75, 3.05) is 0 Å². The van der Waals surface area contributed by atoms with Gasteiger partial charge in [0.05, 0.1) is 0 Å². The Kier molecular flexibility index (Phi) is 1.66. The van der Waals surface area contributed by atoms with Crippen LogP contribution in [0.3, 0.4) is 0 Å². The maximum absolute atomic E-state index is 5.41. The molecule has 3 rings (SSSR count). The summed E-state index contributed by atoms with van der Waals surface area (Å²) in [4.78, 5) is 4.44. The summed E-state index contributed by atoms with van der Waals surface area (Å²) in [7, 11) is 0. The van der Waals surface area contributed by atoms with E-state index in [4.69, 9.17) is 4.42 Å². The van der Waals surface area contributed by atoms with Crippen molar-refractivity contribution in [1.29, 1.82) is 0 Å². The first-order valence-corrected chi connectivity index (χ1v) is 4.86. The van der Waals surface area contributed by atoms with E-state index in [2.05, 4.69) is 11.1 Å². The molecule has 0 amide bonds. The van der Waals surface area contributed by atoms with Crippen molar-refractivity contribution in [2.45, 2.75) is 18.8 Å². The summed E-state index contributed by atoms with van der Waals surface area (Å²) < 4.78 is 5.41. The maximum atomic E-state index is 5.41. The van der Waals surface area contributed by atoms with Gasteiger partial charge in [-0.1, -0.05) is 24.3 Å². The van der Waals surface area contributed by atoms with Gasteiger partial charge in [-0.15, -0.1) is 0 Å². The van der Waals surface area contributed by atoms with Crippen LogP contribution in [0.5, 0.6) is 0 Å². The lowest BCUT2D eigenvalue weighted by Gasteiger charge is -1.91. The second kappa shape index (κ2) is 2.98. The molecule has 0 aliphatic heterocycles. The van der Waals surface area contributed by atoms with Crippen molar-refractivity contribution < 1.29 is 4.42 Å². The second-order valence-electron chi connectivity index (χ2n) is 3.62. The van der Waals surface area contributed by atoms with Crippen LogP contribution in [0, 0.1) is 6.07 Å². The third-order valence-electron chi connectivity index (χ3n) is 2.43. The summed E-state index contributed by atoms with van der Waals surface area (Å²) in [6.45, 7) is 0. The van der Waals surface area contributed by atoms with Crippen LogP contribution in [0.2, 0.25) is 0 Å². The molecule has 1 aliphatic rings. The molecular formula is C12H10NO. The average molecular weight is 184 g/mol. The smallest absolute Gasteiger partial charge is 0.197 e. The molecule has 1 fully saturated rings. The molecule has 0 unspecified atom stereocenters. The van der Waals surface area contributed by atoms with Crippen LogP contribution < -0.4 is 0 Å². The molecule has 0 atom stereocenters. The van der Waals surface area contributed by atoms with Gasteiger partial charge < -0.3 is 4.42 Å². The molecule has 14 heavy (non-hydrogen) atoms. The summed E-state index contributed by atoms with van der Waals surface area (Å²) in [5.74, 6) is 1.46. The summed E-state index contributed by atoms with van der Waals surface area (Å²) in [5.41, 5.74) is 1.90. The summed E-state index contributed by atoms with van der Waals surface area (Å²) in [5, 5.41) is 0. The minimum absolute atomic E-state index is 0.576. The molecule has 2 aromatic rings. The maximum Gasteiger partial charge on any atom is 0.197 e. The van der Waals surface area contributed by atoms with Gasteiger partial charge in [0.15, 0.2) is 5.89 Å². The second-order valence-corrected chi connectivity index (χ2v) is 3.62. The Labute approximate surface area is 82.6 Å². The Balaban J connectivity index is 1.96. The van der Waals surface area contributed by atoms with Crippen LogP contribution in [-0.4, -0.2) is 4.98 Å². The predicted molar refractivity (Wildman–Crippen MR) is 52.8 cm³/mol. The Morgan fingerprint density at radius 1 is 1.36 bits per heavy atom. The number of oxazole rings is 1. The molecule has 1 aromatic carbocycles. The van der Waals surface area contributed by atoms with Gasteiger partial charge in [-0.25, -0.2) is 4.98 Å². The summed E-state index contributed by atoms with van der Waals surface area (Å²) >= 11 is 0. The van der Waals surface area contributed by atoms with Crippen molar-refractivity contribution >= 4 is 0 Å². The van der Waals surface area contributed by atoms with E-state index >= 15 is 0 Å². The van der Waals surface area contributed by atoms with Gasteiger partial charge in [-0.05, 0) is 18.9 Å². The van der Waals surface area contributed by atoms with Crippen LogP contribution in [0.15, 0.2) is 34.9 Å². The monoisotopic (exact) mass is 184 g/mol. The van der Waals surface area contributed by atoms with E-state index in [0.717, 1.165) is 17.1 Å². The van der Waals surface area contributed by atoms with Crippen LogP contribution in [0.25, 0.3) is 11.3 Å². The minimum Gasteiger partial charge on any atom is -0.448 e. The highest BCUT2D eigenvalue weighted by atomic mass is 16.3. The van der Waals surface area contributed by atoms with E-state index in [0.29, 0.717) is 5.92 Å². The van der Waals surface area contributed by atoms with E-state index < -0.39 is 0 Å². The molecule has 0 bridgehead atoms. The van der Waals surface area contributed by atoms with Gasteiger partial charge in [0.1, 0.15) is 12.0 Å². The normalized spacial score (nSPS) is 15.7. The Hall–Kier alpha value is -1.57. The summed E-state index contributed by atoms with van der Waals surface area (Å²) in [6.07, 6.45) is 4.16. The van der Waals surface area contributed by atoms with Crippen LogP contribution >= 0.6 is 0 Å². The molecule has 0 N–H and O–H groups in total. The molecule has 0 spiro atoms. The lowest BCUT2D eigenvalue weighted by Crippen LogP contribution is -1.80. The molecule has 1 aromatic heterocycles. The van der Waals surface area contributed by atoms with Gasteiger partial charge in [0, 0.05) is 11.5 Å². The SMILES string of the molecule is [c]1ccccc1-c1coc(C2CC2)n1. The van der Waals surface area contributed by atoms with E-state index in [1.165, 1.54) is 12.8 Å². The number of aromatic nitrogens is 1. The van der Waals surface area contributed by atoms with Crippen molar-refractivity contribution in [3.63, 3.8) is 0 Å². The highest BCUT2D eigenvalue weighted by Crippen LogP contribution is 2.40. The first kappa shape index (κ1) is 7.80. The van der Waals surface area contributed by atoms with E-state index in [9.17, 15) is 0 Å². The highest BCUT2D eigenvalue weighted by Gasteiger charge is 2.28. The third kappa shape index (κ3) is 1.33. The number of hydrogen-bond donors (Lipinski definition) is 0. The van der Waals surface area contributed by atoms with Gasteiger partial charge in [0.25, 0.3) is 0 Å². The molecule has 69 valence electrons. The molecule has 1 aliphatic carbocycles. The van der Waals surface area contributed by atoms with Gasteiger partial charge in [-0.2, -0.15) is 0 Å². The number of hydrogen-bond acceptors (Lipinski definition) is 2. The third-order valence-corrected chi connectivity index (χ3v) is 2.43. The van der Waals surface area contributed by atoms with E-state index in [1.54, 1.807) is 6.26 Å². The van der Waals surface area contributed by atoms with Crippen molar-refractivity contribution in [3.8, 4) is 11.3 Å². The molecule has 0 saturated heterocycles. The number of nitrogens with zero attached hydrogens (tertiary/aromatic N) is 1. The fourth-order valence-corrected chi connectivity index (χ4v) is 1.48. The number of benzene rings is 1. The zero-order valence-electron chi connectivity index (χ0n) is 7.73. The Morgan fingerprint density at radius 3 is 3.00 bits per heavy atom. The topological polar surface area (TPSA) is 26.0 Å². The van der Waals surface area contributed by atoms with E-state index in [1.807, 2.05) is 24.3 Å². The quantitative estimate of drug-likeness (QED) is 0.717.